The van der Waals surface area contributed by atoms with Gasteiger partial charge in [0.1, 0.15) is 0 Å². The van der Waals surface area contributed by atoms with Gasteiger partial charge >= 0.3 is 0 Å². The van der Waals surface area contributed by atoms with E-state index in [4.69, 9.17) is 4.74 Å². The van der Waals surface area contributed by atoms with Gasteiger partial charge < -0.3 is 15.4 Å². The molecular weight excluding hydrogens is 252 g/mol. The predicted octanol–water partition coefficient (Wildman–Crippen LogP) is 1.73. The van der Waals surface area contributed by atoms with Crippen LogP contribution in [-0.4, -0.2) is 38.3 Å². The van der Waals surface area contributed by atoms with Crippen molar-refractivity contribution in [3.8, 4) is 0 Å². The Morgan fingerprint density at radius 1 is 1.39 bits per heavy atom. The number of rotatable bonds is 7. The smallest absolute Gasteiger partial charge is 0.237 e. The molecule has 1 saturated heterocycles. The Labute approximate surface area is 117 Å². The molecule has 0 aromatic carbocycles. The Morgan fingerprint density at radius 2 is 2.17 bits per heavy atom. The second-order valence-electron chi connectivity index (χ2n) is 5.09. The van der Waals surface area contributed by atoms with Crippen LogP contribution in [0, 0.1) is 5.92 Å². The summed E-state index contributed by atoms with van der Waals surface area (Å²) in [6.07, 6.45) is 4.37. The fraction of sp³-hybridized carbons (Fsp3) is 0.923. The van der Waals surface area contributed by atoms with E-state index in [1.165, 1.54) is 6.42 Å². The van der Waals surface area contributed by atoms with Gasteiger partial charge in [0.05, 0.1) is 12.6 Å². The van der Waals surface area contributed by atoms with Gasteiger partial charge in [0.2, 0.25) is 5.91 Å². The van der Waals surface area contributed by atoms with Crippen LogP contribution in [-0.2, 0) is 9.53 Å². The van der Waals surface area contributed by atoms with Crippen molar-refractivity contribution < 1.29 is 9.53 Å². The molecule has 1 rings (SSSR count). The second-order valence-corrected chi connectivity index (χ2v) is 5.09. The van der Waals surface area contributed by atoms with Crippen LogP contribution >= 0.6 is 12.4 Å². The summed E-state index contributed by atoms with van der Waals surface area (Å²) in [5.41, 5.74) is 0. The molecule has 1 atom stereocenters. The third-order valence-electron chi connectivity index (χ3n) is 3.01. The molecule has 0 aliphatic carbocycles. The van der Waals surface area contributed by atoms with Crippen LogP contribution in [0.2, 0.25) is 0 Å². The number of ether oxygens (including phenoxy) is 1. The maximum absolute atomic E-state index is 11.7. The number of carbonyl (C=O) groups excluding carboxylic acids is 1. The molecule has 5 heteroatoms. The average molecular weight is 279 g/mol. The minimum absolute atomic E-state index is 0. The number of piperidine rings is 1. The zero-order valence-corrected chi connectivity index (χ0v) is 12.4. The van der Waals surface area contributed by atoms with Crippen LogP contribution in [0.3, 0.4) is 0 Å². The molecule has 0 radical (unpaired) electrons. The van der Waals surface area contributed by atoms with Crippen molar-refractivity contribution in [1.82, 2.24) is 10.6 Å². The Bertz CT molecular complexity index is 219. The van der Waals surface area contributed by atoms with E-state index in [1.807, 2.05) is 0 Å². The number of carbonyl (C=O) groups is 1. The van der Waals surface area contributed by atoms with Crippen molar-refractivity contribution in [3.05, 3.63) is 0 Å². The predicted molar refractivity (Wildman–Crippen MR) is 76.2 cm³/mol. The van der Waals surface area contributed by atoms with Crippen molar-refractivity contribution in [1.29, 1.82) is 0 Å². The lowest BCUT2D eigenvalue weighted by Crippen LogP contribution is -2.47. The maximum Gasteiger partial charge on any atom is 0.237 e. The molecule has 1 amide bonds. The highest BCUT2D eigenvalue weighted by Gasteiger charge is 2.19. The van der Waals surface area contributed by atoms with Gasteiger partial charge in [0, 0.05) is 13.2 Å². The molecule has 1 unspecified atom stereocenters. The SMILES string of the molecule is CC(C)CCOCCNC(=O)C1CCCCN1.Cl. The summed E-state index contributed by atoms with van der Waals surface area (Å²) in [6, 6.07) is 0.0133. The molecule has 108 valence electrons. The van der Waals surface area contributed by atoms with E-state index in [-0.39, 0.29) is 24.4 Å². The quantitative estimate of drug-likeness (QED) is 0.698. The first-order valence-electron chi connectivity index (χ1n) is 6.79. The third kappa shape index (κ3) is 7.90. The summed E-state index contributed by atoms with van der Waals surface area (Å²) in [7, 11) is 0. The Hall–Kier alpha value is -0.320. The van der Waals surface area contributed by atoms with E-state index in [2.05, 4.69) is 24.5 Å². The van der Waals surface area contributed by atoms with Crippen molar-refractivity contribution >= 4 is 18.3 Å². The molecular formula is C13H27ClN2O2. The van der Waals surface area contributed by atoms with Gasteiger partial charge in [-0.3, -0.25) is 4.79 Å². The molecule has 1 aliphatic rings. The van der Waals surface area contributed by atoms with Gasteiger partial charge in [0.25, 0.3) is 0 Å². The van der Waals surface area contributed by atoms with Gasteiger partial charge in [-0.15, -0.1) is 12.4 Å². The van der Waals surface area contributed by atoms with E-state index in [0.29, 0.717) is 19.1 Å². The lowest BCUT2D eigenvalue weighted by molar-refractivity contribution is -0.123. The Balaban J connectivity index is 0.00000289. The minimum Gasteiger partial charge on any atom is -0.380 e. The summed E-state index contributed by atoms with van der Waals surface area (Å²) < 4.78 is 5.45. The maximum atomic E-state index is 11.7. The van der Waals surface area contributed by atoms with Crippen molar-refractivity contribution in [2.75, 3.05) is 26.3 Å². The monoisotopic (exact) mass is 278 g/mol. The Morgan fingerprint density at radius 3 is 2.78 bits per heavy atom. The van der Waals surface area contributed by atoms with Crippen LogP contribution in [0.5, 0.6) is 0 Å². The van der Waals surface area contributed by atoms with E-state index < -0.39 is 0 Å². The second kappa shape index (κ2) is 10.6. The number of hydrogen-bond acceptors (Lipinski definition) is 3. The van der Waals surface area contributed by atoms with Crippen LogP contribution in [0.4, 0.5) is 0 Å². The number of hydrogen-bond donors (Lipinski definition) is 2. The van der Waals surface area contributed by atoms with E-state index >= 15 is 0 Å². The summed E-state index contributed by atoms with van der Waals surface area (Å²) in [4.78, 5) is 11.7. The van der Waals surface area contributed by atoms with Gasteiger partial charge in [-0.2, -0.15) is 0 Å². The summed E-state index contributed by atoms with van der Waals surface area (Å²) in [5.74, 6) is 0.799. The highest BCUT2D eigenvalue weighted by molar-refractivity contribution is 5.85. The zero-order valence-electron chi connectivity index (χ0n) is 11.5. The van der Waals surface area contributed by atoms with Crippen LogP contribution in [0.1, 0.15) is 39.5 Å². The molecule has 0 bridgehead atoms. The number of amides is 1. The number of halogens is 1. The molecule has 0 aromatic rings. The summed E-state index contributed by atoms with van der Waals surface area (Å²) in [5, 5.41) is 6.15. The molecule has 0 aromatic heterocycles. The molecule has 4 nitrogen and oxygen atoms in total. The third-order valence-corrected chi connectivity index (χ3v) is 3.01. The van der Waals surface area contributed by atoms with Crippen LogP contribution < -0.4 is 10.6 Å². The molecule has 2 N–H and O–H groups in total. The minimum atomic E-state index is 0. The fourth-order valence-corrected chi connectivity index (χ4v) is 1.87. The normalized spacial score (nSPS) is 19.4. The molecule has 1 heterocycles. The first-order chi connectivity index (χ1) is 8.20. The van der Waals surface area contributed by atoms with E-state index in [0.717, 1.165) is 32.4 Å². The van der Waals surface area contributed by atoms with Crippen LogP contribution in [0.15, 0.2) is 0 Å². The molecule has 0 saturated carbocycles. The molecule has 0 spiro atoms. The summed E-state index contributed by atoms with van der Waals surface area (Å²) >= 11 is 0. The Kier molecular flexibility index (Phi) is 10.4. The fourth-order valence-electron chi connectivity index (χ4n) is 1.87. The largest absolute Gasteiger partial charge is 0.380 e. The van der Waals surface area contributed by atoms with Gasteiger partial charge in [-0.25, -0.2) is 0 Å². The van der Waals surface area contributed by atoms with Crippen molar-refractivity contribution in [3.63, 3.8) is 0 Å². The van der Waals surface area contributed by atoms with Crippen molar-refractivity contribution in [2.24, 2.45) is 5.92 Å². The van der Waals surface area contributed by atoms with E-state index in [1.54, 1.807) is 0 Å². The van der Waals surface area contributed by atoms with Crippen molar-refractivity contribution in [2.45, 2.75) is 45.6 Å². The van der Waals surface area contributed by atoms with Gasteiger partial charge in [-0.05, 0) is 31.7 Å². The molecule has 1 fully saturated rings. The van der Waals surface area contributed by atoms with Gasteiger partial charge in [0.15, 0.2) is 0 Å². The molecule has 1 aliphatic heterocycles. The number of nitrogens with one attached hydrogen (secondary N) is 2. The zero-order chi connectivity index (χ0) is 12.5. The first kappa shape index (κ1) is 17.7. The lowest BCUT2D eigenvalue weighted by atomic mass is 10.0. The molecule has 18 heavy (non-hydrogen) atoms. The average Bonchev–Trinajstić information content (AvgIpc) is 2.34. The summed E-state index contributed by atoms with van der Waals surface area (Å²) in [6.45, 7) is 7.35. The first-order valence-corrected chi connectivity index (χ1v) is 6.79. The topological polar surface area (TPSA) is 50.4 Å². The van der Waals surface area contributed by atoms with E-state index in [9.17, 15) is 4.79 Å². The highest BCUT2D eigenvalue weighted by atomic mass is 35.5. The highest BCUT2D eigenvalue weighted by Crippen LogP contribution is 2.06. The van der Waals surface area contributed by atoms with Gasteiger partial charge in [-0.1, -0.05) is 20.3 Å². The lowest BCUT2D eigenvalue weighted by Gasteiger charge is -2.22. The standard InChI is InChI=1S/C13H26N2O2.ClH/c1-11(2)6-9-17-10-8-15-13(16)12-5-3-4-7-14-12;/h11-12,14H,3-10H2,1-2H3,(H,15,16);1H. The van der Waals surface area contributed by atoms with Crippen LogP contribution in [0.25, 0.3) is 0 Å².